The lowest BCUT2D eigenvalue weighted by Gasteiger charge is -2.38. The van der Waals surface area contributed by atoms with E-state index >= 15 is 0 Å². The van der Waals surface area contributed by atoms with Crippen LogP contribution in [0.3, 0.4) is 0 Å². The van der Waals surface area contributed by atoms with Crippen molar-refractivity contribution in [2.75, 3.05) is 37.6 Å². The summed E-state index contributed by atoms with van der Waals surface area (Å²) in [6.45, 7) is 4.05. The molecule has 1 aliphatic heterocycles. The number of halogens is 3. The molecule has 3 heterocycles. The molecule has 3 N–H and O–H groups in total. The number of nitrogens with zero attached hydrogens (tertiary/aromatic N) is 1. The number of ether oxygens (including phenoxy) is 4. The van der Waals surface area contributed by atoms with Crippen LogP contribution in [0.5, 0.6) is 17.4 Å². The molecule has 0 aliphatic carbocycles. The third-order valence-corrected chi connectivity index (χ3v) is 5.48. The lowest BCUT2D eigenvalue weighted by atomic mass is 10.0. The molecule has 0 unspecified atom stereocenters. The molecule has 13 heteroatoms. The van der Waals surface area contributed by atoms with Gasteiger partial charge in [0.15, 0.2) is 11.4 Å². The lowest BCUT2D eigenvalue weighted by Crippen LogP contribution is -2.51. The fraction of sp³-hybridized carbons (Fsp3) is 0.320. The number of nitrogens with one attached hydrogen (secondary N) is 3. The van der Waals surface area contributed by atoms with E-state index in [1.807, 2.05) is 0 Å². The highest BCUT2D eigenvalue weighted by atomic mass is 19.4. The van der Waals surface area contributed by atoms with E-state index in [2.05, 4.69) is 20.6 Å². The van der Waals surface area contributed by atoms with Crippen LogP contribution in [0.15, 0.2) is 47.4 Å². The van der Waals surface area contributed by atoms with Gasteiger partial charge >= 0.3 is 12.2 Å². The highest BCUT2D eigenvalue weighted by molar-refractivity contribution is 6.00. The molecule has 10 nitrogen and oxygen atoms in total. The number of pyridine rings is 2. The van der Waals surface area contributed by atoms with Gasteiger partial charge in [-0.1, -0.05) is 0 Å². The molecule has 0 spiro atoms. The van der Waals surface area contributed by atoms with E-state index in [4.69, 9.17) is 18.9 Å². The number of hydrogen-bond acceptors (Lipinski definition) is 7. The summed E-state index contributed by atoms with van der Waals surface area (Å²) < 4.78 is 62.2. The summed E-state index contributed by atoms with van der Waals surface area (Å²) in [6, 6.07) is 7.03. The number of H-pyrrole nitrogens is 1. The highest BCUT2D eigenvalue weighted by Gasteiger charge is 2.40. The number of rotatable bonds is 8. The fourth-order valence-electron chi connectivity index (χ4n) is 3.64. The second kappa shape index (κ2) is 10.6. The molecule has 1 aliphatic rings. The van der Waals surface area contributed by atoms with Gasteiger partial charge in [0.2, 0.25) is 5.88 Å². The van der Waals surface area contributed by atoms with E-state index in [1.165, 1.54) is 31.5 Å². The predicted octanol–water partition coefficient (Wildman–Crippen LogP) is 4.67. The van der Waals surface area contributed by atoms with Crippen molar-refractivity contribution in [1.29, 1.82) is 0 Å². The lowest BCUT2D eigenvalue weighted by molar-refractivity contribution is -0.160. The number of urea groups is 1. The van der Waals surface area contributed by atoms with E-state index in [-0.39, 0.29) is 42.0 Å². The van der Waals surface area contributed by atoms with E-state index in [9.17, 15) is 22.8 Å². The first-order valence-corrected chi connectivity index (χ1v) is 11.5. The molecule has 38 heavy (non-hydrogen) atoms. The van der Waals surface area contributed by atoms with Gasteiger partial charge < -0.3 is 34.6 Å². The van der Waals surface area contributed by atoms with Crippen molar-refractivity contribution in [2.45, 2.75) is 25.6 Å². The van der Waals surface area contributed by atoms with Gasteiger partial charge in [0.05, 0.1) is 38.2 Å². The van der Waals surface area contributed by atoms with Crippen LogP contribution < -0.4 is 30.4 Å². The summed E-state index contributed by atoms with van der Waals surface area (Å²) in [4.78, 5) is 31.4. The molecule has 1 saturated heterocycles. The molecule has 4 rings (SSSR count). The van der Waals surface area contributed by atoms with Gasteiger partial charge in [0.1, 0.15) is 11.4 Å². The highest BCUT2D eigenvalue weighted by Crippen LogP contribution is 2.40. The van der Waals surface area contributed by atoms with Crippen molar-refractivity contribution >= 4 is 17.4 Å². The number of amides is 2. The third kappa shape index (κ3) is 5.99. The second-order valence-corrected chi connectivity index (χ2v) is 8.60. The van der Waals surface area contributed by atoms with Crippen molar-refractivity contribution < 1.29 is 36.9 Å². The second-order valence-electron chi connectivity index (χ2n) is 8.60. The molecule has 2 aromatic heterocycles. The van der Waals surface area contributed by atoms with Crippen molar-refractivity contribution in [2.24, 2.45) is 0 Å². The van der Waals surface area contributed by atoms with E-state index in [0.717, 1.165) is 12.1 Å². The number of anilines is 2. The van der Waals surface area contributed by atoms with Gasteiger partial charge in [-0.05, 0) is 50.2 Å². The number of hydrogen-bond donors (Lipinski definition) is 3. The fourth-order valence-corrected chi connectivity index (χ4v) is 3.64. The van der Waals surface area contributed by atoms with E-state index < -0.39 is 28.9 Å². The Kier molecular flexibility index (Phi) is 7.49. The molecule has 202 valence electrons. The number of carbonyl (C=O) groups is 1. The first kappa shape index (κ1) is 26.8. The number of methoxy groups -OCH3 is 1. The first-order valence-electron chi connectivity index (χ1n) is 11.5. The summed E-state index contributed by atoms with van der Waals surface area (Å²) in [6.07, 6.45) is -3.26. The van der Waals surface area contributed by atoms with Crippen molar-refractivity contribution in [1.82, 2.24) is 9.97 Å². The van der Waals surface area contributed by atoms with E-state index in [1.54, 1.807) is 19.9 Å². The number of aromatic amines is 1. The molecule has 0 saturated carbocycles. The van der Waals surface area contributed by atoms with Gasteiger partial charge in [-0.25, -0.2) is 9.78 Å². The zero-order valence-electron chi connectivity index (χ0n) is 20.7. The third-order valence-electron chi connectivity index (χ3n) is 5.48. The monoisotopic (exact) mass is 534 g/mol. The standard InChI is InChI=1S/C25H25F3N4O6/c1-4-37-20-9-14(11-29-21(20)33)17-6-7-18(22(31-17)35-3)32-23(34)30-15-5-8-19(16(10-15)25(26,27)28)38-24(2)12-36-13-24/h5-11H,4,12-13H2,1-3H3,(H,29,33)(H2,30,32,34). The van der Waals surface area contributed by atoms with Crippen molar-refractivity contribution in [3.63, 3.8) is 0 Å². The topological polar surface area (TPSA) is 124 Å². The maximum Gasteiger partial charge on any atom is 0.420 e. The Morgan fingerprint density at radius 3 is 2.55 bits per heavy atom. The summed E-state index contributed by atoms with van der Waals surface area (Å²) in [5.41, 5.74) is -1.25. The molecule has 2 amide bonds. The molecule has 0 atom stereocenters. The first-order chi connectivity index (χ1) is 18.0. The van der Waals surface area contributed by atoms with Crippen LogP contribution in [-0.2, 0) is 10.9 Å². The Labute approximate surface area is 215 Å². The minimum Gasteiger partial charge on any atom is -0.488 e. The SMILES string of the molecule is CCOc1cc(-c2ccc(NC(=O)Nc3ccc(OC4(C)COC4)c(C(F)(F)F)c3)c(OC)n2)c[nH]c1=O. The minimum absolute atomic E-state index is 0.0394. The van der Waals surface area contributed by atoms with Crippen molar-refractivity contribution in [3.8, 4) is 28.6 Å². The zero-order chi connectivity index (χ0) is 27.5. The van der Waals surface area contributed by atoms with Crippen molar-refractivity contribution in [3.05, 3.63) is 58.5 Å². The Hall–Kier alpha value is -4.26. The summed E-state index contributed by atoms with van der Waals surface area (Å²) in [5, 5.41) is 4.89. The average molecular weight is 534 g/mol. The number of alkyl halides is 3. The summed E-state index contributed by atoms with van der Waals surface area (Å²) in [5.74, 6) is -0.194. The normalized spacial score (nSPS) is 14.3. The molecular formula is C25H25F3N4O6. The van der Waals surface area contributed by atoms with Gasteiger partial charge in [-0.2, -0.15) is 13.2 Å². The maximum atomic E-state index is 13.7. The van der Waals surface area contributed by atoms with Crippen LogP contribution in [0.1, 0.15) is 19.4 Å². The van der Waals surface area contributed by atoms with E-state index in [0.29, 0.717) is 17.9 Å². The molecule has 1 aromatic carbocycles. The Bertz CT molecular complexity index is 1390. The molecule has 1 fully saturated rings. The average Bonchev–Trinajstić information content (AvgIpc) is 2.85. The summed E-state index contributed by atoms with van der Waals surface area (Å²) in [7, 11) is 1.34. The minimum atomic E-state index is -4.71. The van der Waals surface area contributed by atoms with Gasteiger partial charge in [0.25, 0.3) is 5.56 Å². The quantitative estimate of drug-likeness (QED) is 0.384. The number of carbonyl (C=O) groups excluding carboxylic acids is 1. The molecule has 3 aromatic rings. The Morgan fingerprint density at radius 1 is 1.16 bits per heavy atom. The van der Waals surface area contributed by atoms with Gasteiger partial charge in [0, 0.05) is 17.4 Å². The van der Waals surface area contributed by atoms with Gasteiger partial charge in [-0.15, -0.1) is 0 Å². The van der Waals surface area contributed by atoms with Crippen LogP contribution in [0, 0.1) is 0 Å². The van der Waals surface area contributed by atoms with Crippen LogP contribution in [0.25, 0.3) is 11.3 Å². The predicted molar refractivity (Wildman–Crippen MR) is 132 cm³/mol. The van der Waals surface area contributed by atoms with Crippen LogP contribution in [-0.4, -0.2) is 48.5 Å². The number of aromatic nitrogens is 2. The number of benzene rings is 1. The van der Waals surface area contributed by atoms with Gasteiger partial charge in [-0.3, -0.25) is 4.79 Å². The van der Waals surface area contributed by atoms with Crippen LogP contribution in [0.4, 0.5) is 29.3 Å². The van der Waals surface area contributed by atoms with Crippen LogP contribution >= 0.6 is 0 Å². The maximum absolute atomic E-state index is 13.7. The molecule has 0 bridgehead atoms. The Balaban J connectivity index is 1.51. The smallest absolute Gasteiger partial charge is 0.420 e. The van der Waals surface area contributed by atoms with Crippen LogP contribution in [0.2, 0.25) is 0 Å². The zero-order valence-corrected chi connectivity index (χ0v) is 20.7. The molecular weight excluding hydrogens is 509 g/mol. The Morgan fingerprint density at radius 2 is 1.92 bits per heavy atom. The molecule has 0 radical (unpaired) electrons. The summed E-state index contributed by atoms with van der Waals surface area (Å²) >= 11 is 0. The largest absolute Gasteiger partial charge is 0.488 e.